The van der Waals surface area contributed by atoms with Gasteiger partial charge in [-0.25, -0.2) is 0 Å². The van der Waals surface area contributed by atoms with Gasteiger partial charge in [0.25, 0.3) is 0 Å². The van der Waals surface area contributed by atoms with Crippen molar-refractivity contribution in [3.05, 3.63) is 317 Å². The average Bonchev–Trinajstić information content (AvgIpc) is 4.12. The summed E-state index contributed by atoms with van der Waals surface area (Å²) in [5.74, 6) is 0. The van der Waals surface area contributed by atoms with Crippen molar-refractivity contribution in [2.45, 2.75) is 10.8 Å². The first-order valence-corrected chi connectivity index (χ1v) is 25.1. The van der Waals surface area contributed by atoms with Gasteiger partial charge < -0.3 is 4.90 Å². The minimum atomic E-state index is -0.538. The summed E-state index contributed by atoms with van der Waals surface area (Å²) in [6, 6.07) is 99.9. The molecule has 0 amide bonds. The molecule has 0 bridgehead atoms. The van der Waals surface area contributed by atoms with Gasteiger partial charge in [-0.15, -0.1) is 11.3 Å². The van der Waals surface area contributed by atoms with Gasteiger partial charge in [0.2, 0.25) is 0 Å². The number of fused-ring (bicyclic) bond motifs is 8. The zero-order valence-corrected chi connectivity index (χ0v) is 39.2. The van der Waals surface area contributed by atoms with E-state index in [1.54, 1.807) is 11.3 Å². The molecule has 14 rings (SSSR count). The van der Waals surface area contributed by atoms with Crippen LogP contribution >= 0.6 is 11.3 Å². The predicted molar refractivity (Wildman–Crippen MR) is 294 cm³/mol. The lowest BCUT2D eigenvalue weighted by Gasteiger charge is -2.35. The molecule has 2 aliphatic rings. The molecule has 2 heteroatoms. The SMILES string of the molecule is c1ccc(C2(c3ccccc3)c3ccccc3-c3cc(N(c4ccc5c(c4)C(c4ccccc4)(c4ccccc4)c4ccccc4-5)c4ccc5cc(-c6ccc7sccc7c6)ccc5c4)ccc32)cc1. The maximum absolute atomic E-state index is 2.50. The van der Waals surface area contributed by atoms with Crippen molar-refractivity contribution in [3.8, 4) is 33.4 Å². The molecule has 2 aliphatic carbocycles. The van der Waals surface area contributed by atoms with E-state index in [4.69, 9.17) is 0 Å². The topological polar surface area (TPSA) is 3.24 Å². The lowest BCUT2D eigenvalue weighted by atomic mass is 9.67. The van der Waals surface area contributed by atoms with Crippen LogP contribution < -0.4 is 4.90 Å². The number of thiophene rings is 1. The van der Waals surface area contributed by atoms with Gasteiger partial charge in [0.05, 0.1) is 10.8 Å². The first-order valence-electron chi connectivity index (χ1n) is 24.2. The summed E-state index contributed by atoms with van der Waals surface area (Å²) in [4.78, 5) is 2.50. The van der Waals surface area contributed by atoms with Gasteiger partial charge in [-0.3, -0.25) is 0 Å². The minimum absolute atomic E-state index is 0.489. The highest BCUT2D eigenvalue weighted by molar-refractivity contribution is 7.17. The third-order valence-corrected chi connectivity index (χ3v) is 16.2. The molecule has 0 unspecified atom stereocenters. The van der Waals surface area contributed by atoms with E-state index in [0.29, 0.717) is 0 Å². The van der Waals surface area contributed by atoms with Crippen molar-refractivity contribution in [1.29, 1.82) is 0 Å². The van der Waals surface area contributed by atoms with Gasteiger partial charge in [-0.1, -0.05) is 206 Å². The Balaban J connectivity index is 1.01. The zero-order valence-electron chi connectivity index (χ0n) is 38.3. The van der Waals surface area contributed by atoms with Gasteiger partial charge in [-0.05, 0) is 160 Å². The monoisotopic (exact) mass is 907 g/mol. The molecule has 1 aromatic heterocycles. The summed E-state index contributed by atoms with van der Waals surface area (Å²) < 4.78 is 1.32. The highest BCUT2D eigenvalue weighted by atomic mass is 32.1. The second kappa shape index (κ2) is 16.0. The Morgan fingerprint density at radius 1 is 0.271 bits per heavy atom. The summed E-state index contributed by atoms with van der Waals surface area (Å²) in [7, 11) is 0. The highest BCUT2D eigenvalue weighted by Crippen LogP contribution is 2.59. The van der Waals surface area contributed by atoms with Crippen LogP contribution in [0.15, 0.2) is 272 Å². The molecule has 0 radical (unpaired) electrons. The van der Waals surface area contributed by atoms with Gasteiger partial charge in [0.1, 0.15) is 0 Å². The molecule has 0 saturated heterocycles. The lowest BCUT2D eigenvalue weighted by molar-refractivity contribution is 0.768. The Morgan fingerprint density at radius 2 is 0.700 bits per heavy atom. The summed E-state index contributed by atoms with van der Waals surface area (Å²) >= 11 is 1.79. The van der Waals surface area contributed by atoms with Crippen LogP contribution in [0.3, 0.4) is 0 Å². The molecular weight excluding hydrogens is 863 g/mol. The molecule has 0 saturated carbocycles. The number of hydrogen-bond donors (Lipinski definition) is 0. The smallest absolute Gasteiger partial charge is 0.0714 e. The van der Waals surface area contributed by atoms with Crippen molar-refractivity contribution in [2.24, 2.45) is 0 Å². The minimum Gasteiger partial charge on any atom is -0.310 e. The number of anilines is 3. The average molecular weight is 908 g/mol. The zero-order chi connectivity index (χ0) is 46.2. The molecule has 0 spiro atoms. The molecule has 0 atom stereocenters. The van der Waals surface area contributed by atoms with Crippen LogP contribution in [0.1, 0.15) is 44.5 Å². The van der Waals surface area contributed by atoms with Crippen molar-refractivity contribution in [2.75, 3.05) is 4.90 Å². The fourth-order valence-electron chi connectivity index (χ4n) is 12.3. The Bertz CT molecular complexity index is 3870. The van der Waals surface area contributed by atoms with Crippen molar-refractivity contribution in [3.63, 3.8) is 0 Å². The van der Waals surface area contributed by atoms with Crippen LogP contribution in [0.5, 0.6) is 0 Å². The van der Waals surface area contributed by atoms with E-state index in [1.807, 2.05) is 0 Å². The first-order chi connectivity index (χ1) is 34.7. The van der Waals surface area contributed by atoms with E-state index in [1.165, 1.54) is 98.7 Å². The number of rotatable bonds is 8. The molecule has 12 aromatic rings. The Labute approximate surface area is 412 Å². The Kier molecular flexibility index (Phi) is 9.27. The second-order valence-electron chi connectivity index (χ2n) is 18.8. The molecule has 0 fully saturated rings. The van der Waals surface area contributed by atoms with Crippen LogP contribution in [-0.2, 0) is 10.8 Å². The summed E-state index contributed by atoms with van der Waals surface area (Å²) in [6.45, 7) is 0. The number of benzene rings is 11. The summed E-state index contributed by atoms with van der Waals surface area (Å²) in [5.41, 5.74) is 20.0. The molecular formula is C68H45NS. The summed E-state index contributed by atoms with van der Waals surface area (Å²) in [5, 5.41) is 5.87. The van der Waals surface area contributed by atoms with Crippen LogP contribution in [0.2, 0.25) is 0 Å². The van der Waals surface area contributed by atoms with Gasteiger partial charge in [0, 0.05) is 21.8 Å². The largest absolute Gasteiger partial charge is 0.310 e. The molecule has 1 heterocycles. The van der Waals surface area contributed by atoms with Gasteiger partial charge >= 0.3 is 0 Å². The van der Waals surface area contributed by atoms with Crippen LogP contribution in [0, 0.1) is 0 Å². The van der Waals surface area contributed by atoms with Crippen molar-refractivity contribution >= 4 is 49.3 Å². The molecule has 11 aromatic carbocycles. The maximum Gasteiger partial charge on any atom is 0.0714 e. The van der Waals surface area contributed by atoms with E-state index < -0.39 is 10.8 Å². The molecule has 0 N–H and O–H groups in total. The predicted octanol–water partition coefficient (Wildman–Crippen LogP) is 17.9. The molecule has 0 aliphatic heterocycles. The molecule has 328 valence electrons. The Morgan fingerprint density at radius 3 is 1.33 bits per heavy atom. The summed E-state index contributed by atoms with van der Waals surface area (Å²) in [6.07, 6.45) is 0. The van der Waals surface area contributed by atoms with Crippen LogP contribution in [0.25, 0.3) is 54.2 Å². The third-order valence-electron chi connectivity index (χ3n) is 15.3. The van der Waals surface area contributed by atoms with Crippen LogP contribution in [0.4, 0.5) is 17.1 Å². The van der Waals surface area contributed by atoms with Crippen LogP contribution in [-0.4, -0.2) is 0 Å². The van der Waals surface area contributed by atoms with Gasteiger partial charge in [-0.2, -0.15) is 0 Å². The van der Waals surface area contributed by atoms with E-state index in [-0.39, 0.29) is 0 Å². The molecule has 70 heavy (non-hydrogen) atoms. The first kappa shape index (κ1) is 40.5. The van der Waals surface area contributed by atoms with E-state index in [2.05, 4.69) is 277 Å². The fraction of sp³-hybridized carbons (Fsp3) is 0.0294. The quantitative estimate of drug-likeness (QED) is 0.147. The Hall–Kier alpha value is -8.56. The normalized spacial score (nSPS) is 13.7. The van der Waals surface area contributed by atoms with Crippen molar-refractivity contribution < 1.29 is 0 Å². The highest BCUT2D eigenvalue weighted by Gasteiger charge is 2.48. The standard InChI is InChI=1S/C68H45NS/c1-5-17-51(18-6-1)67(52-19-7-2-8-20-52)63-28-16-14-26-59(63)61-44-56(35-37-64(61)67)69(55-33-31-47-41-46(29-30-49(47)43-55)48-32-38-66-50(42-48)39-40-70-66)57-34-36-60-58-25-13-15-27-62(58)68(65(60)45-57,53-21-9-3-10-22-53)54-23-11-4-12-24-54/h1-45H. The second-order valence-corrected chi connectivity index (χ2v) is 19.7. The van der Waals surface area contributed by atoms with E-state index >= 15 is 0 Å². The number of nitrogens with zero attached hydrogens (tertiary/aromatic N) is 1. The van der Waals surface area contributed by atoms with Gasteiger partial charge in [0.15, 0.2) is 0 Å². The van der Waals surface area contributed by atoms with E-state index in [0.717, 1.165) is 17.1 Å². The van der Waals surface area contributed by atoms with E-state index in [9.17, 15) is 0 Å². The third kappa shape index (κ3) is 5.97. The number of hydrogen-bond acceptors (Lipinski definition) is 2. The molecule has 1 nitrogen and oxygen atoms in total. The van der Waals surface area contributed by atoms with Crippen molar-refractivity contribution in [1.82, 2.24) is 0 Å². The lowest BCUT2D eigenvalue weighted by Crippen LogP contribution is -2.28. The fourth-order valence-corrected chi connectivity index (χ4v) is 13.1. The maximum atomic E-state index is 2.50.